The number of halogens is 1. The van der Waals surface area contributed by atoms with Crippen LogP contribution in [0.4, 0.5) is 15.0 Å². The molecule has 1 saturated heterocycles. The molecule has 0 radical (unpaired) electrons. The average molecular weight is 368 g/mol. The molecule has 1 aliphatic rings. The third-order valence-electron chi connectivity index (χ3n) is 3.43. The van der Waals surface area contributed by atoms with E-state index in [0.717, 1.165) is 0 Å². The minimum atomic E-state index is -0.633. The Morgan fingerprint density at radius 3 is 2.88 bits per heavy atom. The second kappa shape index (κ2) is 8.20. The zero-order valence-corrected chi connectivity index (χ0v) is 15.5. The minimum Gasteiger partial charge on any atom is -0.488 e. The molecule has 1 aliphatic heterocycles. The topological polar surface area (TPSA) is 92.8 Å². The quantitative estimate of drug-likeness (QED) is 0.817. The molecule has 2 rings (SSSR count). The van der Waals surface area contributed by atoms with E-state index in [-0.39, 0.29) is 36.7 Å². The fraction of sp³-hybridized carbons (Fsp3) is 0.588. The molecular weight excluding hydrogens is 343 g/mol. The van der Waals surface area contributed by atoms with Gasteiger partial charge in [0, 0.05) is 25.4 Å². The monoisotopic (exact) mass is 368 g/mol. The predicted octanol–water partition coefficient (Wildman–Crippen LogP) is 1.45. The number of ether oxygens (including phenoxy) is 2. The van der Waals surface area contributed by atoms with E-state index in [9.17, 15) is 14.0 Å². The molecule has 9 heteroatoms. The van der Waals surface area contributed by atoms with E-state index in [4.69, 9.17) is 9.47 Å². The molecule has 26 heavy (non-hydrogen) atoms. The molecule has 0 aromatic carbocycles. The van der Waals surface area contributed by atoms with E-state index in [2.05, 4.69) is 15.6 Å². The highest BCUT2D eigenvalue weighted by molar-refractivity contribution is 5.82. The van der Waals surface area contributed by atoms with Crippen molar-refractivity contribution in [3.05, 3.63) is 18.1 Å². The molecule has 1 aromatic rings. The van der Waals surface area contributed by atoms with E-state index < -0.39 is 17.5 Å². The Kier molecular flexibility index (Phi) is 6.23. The van der Waals surface area contributed by atoms with Crippen molar-refractivity contribution in [3.63, 3.8) is 0 Å². The van der Waals surface area contributed by atoms with Crippen molar-refractivity contribution in [1.82, 2.24) is 15.6 Å². The van der Waals surface area contributed by atoms with Gasteiger partial charge in [0.25, 0.3) is 0 Å². The van der Waals surface area contributed by atoms with Crippen LogP contribution in [0.3, 0.4) is 0 Å². The normalized spacial score (nSPS) is 15.9. The van der Waals surface area contributed by atoms with Crippen molar-refractivity contribution in [2.24, 2.45) is 0 Å². The highest BCUT2D eigenvalue weighted by Gasteiger charge is 2.23. The largest absolute Gasteiger partial charge is 0.488 e. The summed E-state index contributed by atoms with van der Waals surface area (Å²) in [6, 6.07) is 1.02. The number of hydrogen-bond acceptors (Lipinski definition) is 6. The summed E-state index contributed by atoms with van der Waals surface area (Å²) in [5.41, 5.74) is -0.600. The van der Waals surface area contributed by atoms with Gasteiger partial charge in [0.2, 0.25) is 11.7 Å². The molecule has 2 heterocycles. The van der Waals surface area contributed by atoms with Gasteiger partial charge in [0.15, 0.2) is 11.6 Å². The van der Waals surface area contributed by atoms with Gasteiger partial charge >= 0.3 is 6.09 Å². The number of anilines is 1. The summed E-state index contributed by atoms with van der Waals surface area (Å²) in [5.74, 6) is -0.727. The van der Waals surface area contributed by atoms with Crippen LogP contribution in [0.5, 0.6) is 5.75 Å². The van der Waals surface area contributed by atoms with Gasteiger partial charge in [-0.2, -0.15) is 4.39 Å². The molecule has 0 bridgehead atoms. The molecule has 144 valence electrons. The van der Waals surface area contributed by atoms with Gasteiger partial charge in [-0.3, -0.25) is 4.79 Å². The summed E-state index contributed by atoms with van der Waals surface area (Å²) >= 11 is 0. The van der Waals surface area contributed by atoms with E-state index in [1.807, 2.05) is 0 Å². The van der Waals surface area contributed by atoms with Crippen molar-refractivity contribution in [2.45, 2.75) is 39.3 Å². The lowest BCUT2D eigenvalue weighted by molar-refractivity contribution is -0.120. The Labute approximate surface area is 152 Å². The molecule has 0 saturated carbocycles. The van der Waals surface area contributed by atoms with Crippen molar-refractivity contribution in [1.29, 1.82) is 0 Å². The second-order valence-electron chi connectivity index (χ2n) is 7.08. The summed E-state index contributed by atoms with van der Waals surface area (Å²) < 4.78 is 25.3. The summed E-state index contributed by atoms with van der Waals surface area (Å²) in [6.07, 6.45) is 0.857. The van der Waals surface area contributed by atoms with Crippen LogP contribution in [0.25, 0.3) is 0 Å². The molecule has 1 fully saturated rings. The van der Waals surface area contributed by atoms with Crippen LogP contribution in [-0.2, 0) is 9.53 Å². The second-order valence-corrected chi connectivity index (χ2v) is 7.08. The van der Waals surface area contributed by atoms with Gasteiger partial charge in [0.05, 0.1) is 12.6 Å². The average Bonchev–Trinajstić information content (AvgIpc) is 2.52. The maximum atomic E-state index is 14.6. The first kappa shape index (κ1) is 19.7. The van der Waals surface area contributed by atoms with E-state index in [1.165, 1.54) is 12.3 Å². The molecule has 8 nitrogen and oxygen atoms in total. The molecule has 2 N–H and O–H groups in total. The smallest absolute Gasteiger partial charge is 0.407 e. The third kappa shape index (κ3) is 5.75. The first-order valence-electron chi connectivity index (χ1n) is 8.44. The Hall–Kier alpha value is -2.58. The van der Waals surface area contributed by atoms with Crippen LogP contribution in [0.2, 0.25) is 0 Å². The molecule has 1 atom stereocenters. The lowest BCUT2D eigenvalue weighted by Crippen LogP contribution is -2.48. The summed E-state index contributed by atoms with van der Waals surface area (Å²) in [6.45, 7) is 8.02. The van der Waals surface area contributed by atoms with Crippen LogP contribution < -0.4 is 20.3 Å². The van der Waals surface area contributed by atoms with Crippen molar-refractivity contribution in [3.8, 4) is 5.75 Å². The maximum absolute atomic E-state index is 14.6. The van der Waals surface area contributed by atoms with Crippen LogP contribution >= 0.6 is 0 Å². The van der Waals surface area contributed by atoms with E-state index >= 15 is 0 Å². The standard InChI is InChI=1S/C17H25FN4O4/c1-11(21-16(24)26-17(2,3)4)10-25-12-5-6-20-15(14(12)18)22-8-7-19-13(23)9-22/h5-6,11H,7-10H2,1-4H3,(H,19,23)(H,21,24)/t11-/m0/s1. The SMILES string of the molecule is C[C@@H](COc1ccnc(N2CCNC(=O)C2)c1F)NC(=O)OC(C)(C)C. The zero-order chi connectivity index (χ0) is 19.3. The van der Waals surface area contributed by atoms with Gasteiger partial charge in [0.1, 0.15) is 12.2 Å². The third-order valence-corrected chi connectivity index (χ3v) is 3.43. The number of piperazine rings is 1. The number of nitrogens with zero attached hydrogens (tertiary/aromatic N) is 2. The first-order valence-corrected chi connectivity index (χ1v) is 8.44. The van der Waals surface area contributed by atoms with Gasteiger partial charge < -0.3 is 25.0 Å². The lowest BCUT2D eigenvalue weighted by Gasteiger charge is -2.28. The number of pyridine rings is 1. The number of alkyl carbamates (subject to hydrolysis) is 1. The number of nitrogens with one attached hydrogen (secondary N) is 2. The minimum absolute atomic E-state index is 0.0128. The fourth-order valence-corrected chi connectivity index (χ4v) is 2.33. The summed E-state index contributed by atoms with van der Waals surface area (Å²) in [5, 5.41) is 5.30. The van der Waals surface area contributed by atoms with E-state index in [0.29, 0.717) is 13.1 Å². The molecule has 0 unspecified atom stereocenters. The summed E-state index contributed by atoms with van der Waals surface area (Å²) in [7, 11) is 0. The Morgan fingerprint density at radius 2 is 2.23 bits per heavy atom. The Balaban J connectivity index is 1.94. The fourth-order valence-electron chi connectivity index (χ4n) is 2.33. The Morgan fingerprint density at radius 1 is 1.50 bits per heavy atom. The van der Waals surface area contributed by atoms with Crippen molar-refractivity contribution in [2.75, 3.05) is 31.1 Å². The van der Waals surface area contributed by atoms with Crippen molar-refractivity contribution < 1.29 is 23.5 Å². The first-order chi connectivity index (χ1) is 12.2. The van der Waals surface area contributed by atoms with Gasteiger partial charge in [-0.1, -0.05) is 0 Å². The lowest BCUT2D eigenvalue weighted by atomic mass is 10.2. The molecular formula is C17H25FN4O4. The zero-order valence-electron chi connectivity index (χ0n) is 15.5. The molecule has 2 amide bonds. The van der Waals surface area contributed by atoms with E-state index in [1.54, 1.807) is 32.6 Å². The van der Waals surface area contributed by atoms with Crippen LogP contribution in [0, 0.1) is 5.82 Å². The number of carbonyl (C=O) groups is 2. The van der Waals surface area contributed by atoms with Gasteiger partial charge in [-0.15, -0.1) is 0 Å². The van der Waals surface area contributed by atoms with Crippen LogP contribution in [-0.4, -0.2) is 54.9 Å². The van der Waals surface area contributed by atoms with Gasteiger partial charge in [-0.25, -0.2) is 9.78 Å². The highest BCUT2D eigenvalue weighted by Crippen LogP contribution is 2.25. The van der Waals surface area contributed by atoms with Crippen LogP contribution in [0.1, 0.15) is 27.7 Å². The van der Waals surface area contributed by atoms with Crippen molar-refractivity contribution >= 4 is 17.8 Å². The predicted molar refractivity (Wildman–Crippen MR) is 93.7 cm³/mol. The molecule has 1 aromatic heterocycles. The number of amides is 2. The maximum Gasteiger partial charge on any atom is 0.407 e. The number of aromatic nitrogens is 1. The molecule has 0 spiro atoms. The highest BCUT2D eigenvalue weighted by atomic mass is 19.1. The number of hydrogen-bond donors (Lipinski definition) is 2. The summed E-state index contributed by atoms with van der Waals surface area (Å²) in [4.78, 5) is 28.8. The number of rotatable bonds is 5. The Bertz CT molecular complexity index is 663. The number of carbonyl (C=O) groups excluding carboxylic acids is 2. The molecule has 0 aliphatic carbocycles. The van der Waals surface area contributed by atoms with Gasteiger partial charge in [-0.05, 0) is 27.7 Å². The van der Waals surface area contributed by atoms with Crippen LogP contribution in [0.15, 0.2) is 12.3 Å².